The summed E-state index contributed by atoms with van der Waals surface area (Å²) in [7, 11) is 0. The Morgan fingerprint density at radius 2 is 1.94 bits per heavy atom. The molecule has 100 valence electrons. The Morgan fingerprint density at radius 3 is 2.44 bits per heavy atom. The van der Waals surface area contributed by atoms with E-state index >= 15 is 0 Å². The average Bonchev–Trinajstić information content (AvgIpc) is 2.29. The molecule has 0 saturated carbocycles. The van der Waals surface area contributed by atoms with Crippen molar-refractivity contribution >= 4 is 17.5 Å². The Kier molecular flexibility index (Phi) is 5.63. The minimum absolute atomic E-state index is 0.0140. The summed E-state index contributed by atoms with van der Waals surface area (Å²) >= 11 is 6.10. The van der Waals surface area contributed by atoms with E-state index in [0.29, 0.717) is 11.6 Å². The van der Waals surface area contributed by atoms with Crippen molar-refractivity contribution in [3.8, 4) is 0 Å². The van der Waals surface area contributed by atoms with Gasteiger partial charge in [0.1, 0.15) is 0 Å². The lowest BCUT2D eigenvalue weighted by Gasteiger charge is -2.22. The second-order valence-corrected chi connectivity index (χ2v) is 5.25. The first-order valence-corrected chi connectivity index (χ1v) is 6.60. The molecule has 18 heavy (non-hydrogen) atoms. The maximum atomic E-state index is 12.1. The highest BCUT2D eigenvalue weighted by Crippen LogP contribution is 2.22. The SMILES string of the molecule is CC(NC(=O)C(CN)C(C)C)c1ccccc1Cl. The van der Waals surface area contributed by atoms with Crippen LogP contribution in [0.5, 0.6) is 0 Å². The van der Waals surface area contributed by atoms with E-state index in [1.807, 2.05) is 45.0 Å². The van der Waals surface area contributed by atoms with Crippen molar-refractivity contribution in [2.24, 2.45) is 17.6 Å². The molecule has 1 aromatic rings. The Labute approximate surface area is 114 Å². The van der Waals surface area contributed by atoms with E-state index in [1.165, 1.54) is 0 Å². The van der Waals surface area contributed by atoms with Gasteiger partial charge in [-0.25, -0.2) is 0 Å². The maximum absolute atomic E-state index is 12.1. The molecule has 2 atom stereocenters. The first-order valence-electron chi connectivity index (χ1n) is 6.22. The summed E-state index contributed by atoms with van der Waals surface area (Å²) in [6.45, 7) is 6.28. The molecule has 1 amide bonds. The van der Waals surface area contributed by atoms with Crippen LogP contribution in [-0.2, 0) is 4.79 Å². The van der Waals surface area contributed by atoms with Crippen molar-refractivity contribution in [2.75, 3.05) is 6.54 Å². The summed E-state index contributed by atoms with van der Waals surface area (Å²) in [5.41, 5.74) is 6.56. The van der Waals surface area contributed by atoms with Crippen LogP contribution in [0, 0.1) is 11.8 Å². The van der Waals surface area contributed by atoms with Crippen LogP contribution in [0.2, 0.25) is 5.02 Å². The third-order valence-electron chi connectivity index (χ3n) is 3.13. The highest BCUT2D eigenvalue weighted by Gasteiger charge is 2.22. The predicted octanol–water partition coefficient (Wildman–Crippen LogP) is 2.75. The number of benzene rings is 1. The van der Waals surface area contributed by atoms with E-state index in [4.69, 9.17) is 17.3 Å². The number of carbonyl (C=O) groups excluding carboxylic acids is 1. The van der Waals surface area contributed by atoms with Crippen molar-refractivity contribution in [3.05, 3.63) is 34.9 Å². The highest BCUT2D eigenvalue weighted by molar-refractivity contribution is 6.31. The summed E-state index contributed by atoms with van der Waals surface area (Å²) < 4.78 is 0. The largest absolute Gasteiger partial charge is 0.349 e. The molecular formula is C14H21ClN2O. The Morgan fingerprint density at radius 1 is 1.33 bits per heavy atom. The average molecular weight is 269 g/mol. The second-order valence-electron chi connectivity index (χ2n) is 4.84. The minimum atomic E-state index is -0.157. The molecule has 0 heterocycles. The normalized spacial score (nSPS) is 14.3. The lowest BCUT2D eigenvalue weighted by atomic mass is 9.94. The Balaban J connectivity index is 2.73. The lowest BCUT2D eigenvalue weighted by molar-refractivity contribution is -0.126. The fraction of sp³-hybridized carbons (Fsp3) is 0.500. The first kappa shape index (κ1) is 15.0. The van der Waals surface area contributed by atoms with Crippen LogP contribution >= 0.6 is 11.6 Å². The van der Waals surface area contributed by atoms with Crippen LogP contribution < -0.4 is 11.1 Å². The molecule has 3 nitrogen and oxygen atoms in total. The Bertz CT molecular complexity index is 407. The second kappa shape index (κ2) is 6.76. The van der Waals surface area contributed by atoms with Crippen molar-refractivity contribution in [2.45, 2.75) is 26.8 Å². The molecule has 2 unspecified atom stereocenters. The zero-order chi connectivity index (χ0) is 13.7. The minimum Gasteiger partial charge on any atom is -0.349 e. The zero-order valence-corrected chi connectivity index (χ0v) is 11.9. The van der Waals surface area contributed by atoms with Gasteiger partial charge in [0, 0.05) is 11.6 Å². The van der Waals surface area contributed by atoms with Gasteiger partial charge >= 0.3 is 0 Å². The van der Waals surface area contributed by atoms with Crippen LogP contribution in [0.4, 0.5) is 0 Å². The van der Waals surface area contributed by atoms with Crippen molar-refractivity contribution in [3.63, 3.8) is 0 Å². The van der Waals surface area contributed by atoms with Crippen molar-refractivity contribution in [1.82, 2.24) is 5.32 Å². The predicted molar refractivity (Wildman–Crippen MR) is 75.4 cm³/mol. The van der Waals surface area contributed by atoms with Gasteiger partial charge in [-0.1, -0.05) is 43.6 Å². The van der Waals surface area contributed by atoms with E-state index in [0.717, 1.165) is 5.56 Å². The van der Waals surface area contributed by atoms with Gasteiger partial charge in [-0.3, -0.25) is 4.79 Å². The van der Waals surface area contributed by atoms with Gasteiger partial charge in [0.2, 0.25) is 5.91 Å². The van der Waals surface area contributed by atoms with Gasteiger partial charge in [-0.15, -0.1) is 0 Å². The molecule has 0 bridgehead atoms. The van der Waals surface area contributed by atoms with Gasteiger partial charge in [0.25, 0.3) is 0 Å². The van der Waals surface area contributed by atoms with Crippen molar-refractivity contribution < 1.29 is 4.79 Å². The first-order chi connectivity index (χ1) is 8.47. The lowest BCUT2D eigenvalue weighted by Crippen LogP contribution is -2.39. The van der Waals surface area contributed by atoms with Gasteiger partial charge in [-0.05, 0) is 24.5 Å². The number of nitrogens with two attached hydrogens (primary N) is 1. The van der Waals surface area contributed by atoms with Gasteiger partial charge in [0.15, 0.2) is 0 Å². The van der Waals surface area contributed by atoms with Gasteiger partial charge < -0.3 is 11.1 Å². The highest BCUT2D eigenvalue weighted by atomic mass is 35.5. The molecule has 1 rings (SSSR count). The molecule has 0 saturated heterocycles. The molecule has 0 aliphatic heterocycles. The number of nitrogens with one attached hydrogen (secondary N) is 1. The zero-order valence-electron chi connectivity index (χ0n) is 11.1. The van der Waals surface area contributed by atoms with Crippen LogP contribution in [0.1, 0.15) is 32.4 Å². The van der Waals surface area contributed by atoms with Gasteiger partial charge in [0.05, 0.1) is 12.0 Å². The summed E-state index contributed by atoms with van der Waals surface area (Å²) in [4.78, 5) is 12.1. The van der Waals surface area contributed by atoms with E-state index in [1.54, 1.807) is 0 Å². The quantitative estimate of drug-likeness (QED) is 0.863. The van der Waals surface area contributed by atoms with Crippen LogP contribution in [0.15, 0.2) is 24.3 Å². The fourth-order valence-electron chi connectivity index (χ4n) is 1.91. The van der Waals surface area contributed by atoms with Crippen LogP contribution in [-0.4, -0.2) is 12.5 Å². The molecule has 0 spiro atoms. The van der Waals surface area contributed by atoms with Gasteiger partial charge in [-0.2, -0.15) is 0 Å². The number of hydrogen-bond acceptors (Lipinski definition) is 2. The van der Waals surface area contributed by atoms with E-state index in [-0.39, 0.29) is 23.8 Å². The number of carbonyl (C=O) groups is 1. The number of hydrogen-bond donors (Lipinski definition) is 2. The smallest absolute Gasteiger partial charge is 0.225 e. The molecule has 0 aliphatic rings. The molecule has 1 aromatic carbocycles. The Hall–Kier alpha value is -1.06. The molecular weight excluding hydrogens is 248 g/mol. The van der Waals surface area contributed by atoms with E-state index in [2.05, 4.69) is 5.32 Å². The third kappa shape index (κ3) is 3.72. The number of rotatable bonds is 5. The van der Waals surface area contributed by atoms with E-state index in [9.17, 15) is 4.79 Å². The third-order valence-corrected chi connectivity index (χ3v) is 3.47. The van der Waals surface area contributed by atoms with Crippen molar-refractivity contribution in [1.29, 1.82) is 0 Å². The number of amides is 1. The molecule has 0 fully saturated rings. The molecule has 0 aromatic heterocycles. The summed E-state index contributed by atoms with van der Waals surface area (Å²) in [5, 5.41) is 3.63. The standard InChI is InChI=1S/C14H21ClN2O/c1-9(2)12(8-16)14(18)17-10(3)11-6-4-5-7-13(11)15/h4-7,9-10,12H,8,16H2,1-3H3,(H,17,18). The molecule has 0 radical (unpaired) electrons. The van der Waals surface area contributed by atoms with Crippen LogP contribution in [0.3, 0.4) is 0 Å². The van der Waals surface area contributed by atoms with Crippen LogP contribution in [0.25, 0.3) is 0 Å². The molecule has 4 heteroatoms. The maximum Gasteiger partial charge on any atom is 0.225 e. The van der Waals surface area contributed by atoms with E-state index < -0.39 is 0 Å². The number of halogens is 1. The monoisotopic (exact) mass is 268 g/mol. The molecule has 0 aliphatic carbocycles. The fourth-order valence-corrected chi connectivity index (χ4v) is 2.21. The summed E-state index contributed by atoms with van der Waals surface area (Å²) in [6.07, 6.45) is 0. The molecule has 3 N–H and O–H groups in total. The summed E-state index contributed by atoms with van der Waals surface area (Å²) in [6, 6.07) is 7.41. The summed E-state index contributed by atoms with van der Waals surface area (Å²) in [5.74, 6) is 0.0586. The topological polar surface area (TPSA) is 55.1 Å².